The molecule has 1 unspecified atom stereocenters. The van der Waals surface area contributed by atoms with Crippen LogP contribution in [-0.4, -0.2) is 41.0 Å². The van der Waals surface area contributed by atoms with E-state index in [0.29, 0.717) is 34.1 Å². The summed E-state index contributed by atoms with van der Waals surface area (Å²) < 4.78 is 22.0. The normalized spacial score (nSPS) is 15.3. The summed E-state index contributed by atoms with van der Waals surface area (Å²) in [5.74, 6) is -0.266. The molecule has 0 saturated heterocycles. The lowest BCUT2D eigenvalue weighted by molar-refractivity contribution is -0.121. The third-order valence-corrected chi connectivity index (χ3v) is 7.19. The fourth-order valence-corrected chi connectivity index (χ4v) is 5.54. The maximum Gasteiger partial charge on any atom is 0.238 e. The van der Waals surface area contributed by atoms with Gasteiger partial charge in [0.25, 0.3) is 0 Å². The monoisotopic (exact) mass is 502 g/mol. The van der Waals surface area contributed by atoms with Crippen molar-refractivity contribution in [1.29, 1.82) is 0 Å². The average molecular weight is 503 g/mol. The first-order chi connectivity index (χ1) is 17.5. The molecule has 1 atom stereocenters. The Kier molecular flexibility index (Phi) is 6.47. The van der Waals surface area contributed by atoms with Gasteiger partial charge in [-0.15, -0.1) is 11.8 Å². The van der Waals surface area contributed by atoms with Crippen molar-refractivity contribution in [3.8, 4) is 22.7 Å². The standard InChI is InChI=1S/C27H23FN4O3S/c1-35-19-13-11-18(12-14-19)32-27-24(25(30-32)17-7-3-2-4-8-17)26(20-9-5-6-10-21(20)28)36-16-23(34)31(27)15-22(29)33/h2-14,26H,15-16H2,1H3,(H2,29,33). The molecule has 36 heavy (non-hydrogen) atoms. The van der Waals surface area contributed by atoms with Crippen molar-refractivity contribution in [2.75, 3.05) is 24.3 Å². The van der Waals surface area contributed by atoms with Crippen LogP contribution in [-0.2, 0) is 9.59 Å². The number of rotatable bonds is 6. The number of aromatic nitrogens is 2. The van der Waals surface area contributed by atoms with E-state index in [1.165, 1.54) is 22.7 Å². The van der Waals surface area contributed by atoms with Gasteiger partial charge in [-0.3, -0.25) is 14.5 Å². The van der Waals surface area contributed by atoms with E-state index < -0.39 is 11.2 Å². The van der Waals surface area contributed by atoms with Gasteiger partial charge in [0.2, 0.25) is 11.8 Å². The number of benzene rings is 3. The van der Waals surface area contributed by atoms with Gasteiger partial charge in [0.1, 0.15) is 23.9 Å². The summed E-state index contributed by atoms with van der Waals surface area (Å²) in [6.07, 6.45) is 0. The summed E-state index contributed by atoms with van der Waals surface area (Å²) in [5, 5.41) is 4.37. The lowest BCUT2D eigenvalue weighted by Gasteiger charge is -2.22. The molecule has 3 aromatic carbocycles. The molecule has 4 aromatic rings. The molecule has 182 valence electrons. The van der Waals surface area contributed by atoms with Crippen LogP contribution in [0.1, 0.15) is 16.4 Å². The molecular weight excluding hydrogens is 479 g/mol. The first-order valence-corrected chi connectivity index (χ1v) is 12.3. The van der Waals surface area contributed by atoms with Gasteiger partial charge in [-0.1, -0.05) is 48.5 Å². The number of nitrogens with two attached hydrogens (primary N) is 1. The number of amides is 2. The molecular formula is C27H23FN4O3S. The van der Waals surface area contributed by atoms with E-state index in [1.54, 1.807) is 42.1 Å². The maximum atomic E-state index is 15.1. The number of ether oxygens (including phenoxy) is 1. The van der Waals surface area contributed by atoms with Gasteiger partial charge in [0, 0.05) is 16.7 Å². The largest absolute Gasteiger partial charge is 0.497 e. The summed E-state index contributed by atoms with van der Waals surface area (Å²) in [5.41, 5.74) is 8.67. The van der Waals surface area contributed by atoms with E-state index in [4.69, 9.17) is 15.6 Å². The molecule has 0 saturated carbocycles. The Morgan fingerprint density at radius 3 is 2.44 bits per heavy atom. The average Bonchev–Trinajstić information content (AvgIpc) is 3.22. The second-order valence-corrected chi connectivity index (χ2v) is 9.31. The van der Waals surface area contributed by atoms with Crippen molar-refractivity contribution in [3.63, 3.8) is 0 Å². The number of hydrogen-bond donors (Lipinski definition) is 1. The molecule has 1 aliphatic heterocycles. The number of halogens is 1. The zero-order valence-electron chi connectivity index (χ0n) is 19.4. The van der Waals surface area contributed by atoms with Crippen molar-refractivity contribution >= 4 is 29.4 Å². The number of carbonyl (C=O) groups is 2. The molecule has 5 rings (SSSR count). The number of hydrogen-bond acceptors (Lipinski definition) is 5. The molecule has 7 nitrogen and oxygen atoms in total. The van der Waals surface area contributed by atoms with Crippen molar-refractivity contribution in [3.05, 3.63) is 95.8 Å². The number of carbonyl (C=O) groups excluding carboxylic acids is 2. The molecule has 0 spiro atoms. The van der Waals surface area contributed by atoms with Gasteiger partial charge < -0.3 is 10.5 Å². The van der Waals surface area contributed by atoms with Gasteiger partial charge in [-0.25, -0.2) is 9.07 Å². The maximum absolute atomic E-state index is 15.1. The smallest absolute Gasteiger partial charge is 0.238 e. The van der Waals surface area contributed by atoms with E-state index in [0.717, 1.165) is 5.56 Å². The predicted molar refractivity (Wildman–Crippen MR) is 138 cm³/mol. The summed E-state index contributed by atoms with van der Waals surface area (Å²) in [6.45, 7) is -0.327. The highest BCUT2D eigenvalue weighted by molar-refractivity contribution is 8.00. The Hall–Kier alpha value is -4.11. The summed E-state index contributed by atoms with van der Waals surface area (Å²) in [4.78, 5) is 26.8. The van der Waals surface area contributed by atoms with E-state index >= 15 is 4.39 Å². The molecule has 2 heterocycles. The van der Waals surface area contributed by atoms with Crippen LogP contribution in [0.3, 0.4) is 0 Å². The van der Waals surface area contributed by atoms with Crippen molar-refractivity contribution in [2.45, 2.75) is 5.25 Å². The van der Waals surface area contributed by atoms with E-state index in [9.17, 15) is 9.59 Å². The molecule has 1 aromatic heterocycles. The SMILES string of the molecule is COc1ccc(-n2nc(-c3ccccc3)c3c2N(CC(N)=O)C(=O)CSC3c2ccccc2F)cc1. The third-order valence-electron chi connectivity index (χ3n) is 5.95. The van der Waals surface area contributed by atoms with E-state index in [2.05, 4.69) is 0 Å². The highest BCUT2D eigenvalue weighted by Crippen LogP contribution is 2.49. The second-order valence-electron chi connectivity index (χ2n) is 8.22. The minimum Gasteiger partial charge on any atom is -0.497 e. The molecule has 2 N–H and O–H groups in total. The first-order valence-electron chi connectivity index (χ1n) is 11.3. The quantitative estimate of drug-likeness (QED) is 0.424. The Balaban J connectivity index is 1.85. The highest BCUT2D eigenvalue weighted by atomic mass is 32.2. The van der Waals surface area contributed by atoms with Gasteiger partial charge in [-0.2, -0.15) is 5.10 Å². The number of fused-ring (bicyclic) bond motifs is 1. The van der Waals surface area contributed by atoms with Crippen molar-refractivity contribution in [2.24, 2.45) is 5.73 Å². The Morgan fingerprint density at radius 1 is 1.08 bits per heavy atom. The van der Waals surface area contributed by atoms with Gasteiger partial charge >= 0.3 is 0 Å². The summed E-state index contributed by atoms with van der Waals surface area (Å²) in [7, 11) is 1.58. The van der Waals surface area contributed by atoms with Gasteiger partial charge in [0.15, 0.2) is 0 Å². The number of nitrogens with zero attached hydrogens (tertiary/aromatic N) is 3. The van der Waals surface area contributed by atoms with Crippen LogP contribution < -0.4 is 15.4 Å². The lowest BCUT2D eigenvalue weighted by atomic mass is 9.99. The van der Waals surface area contributed by atoms with Crippen LogP contribution in [0, 0.1) is 5.82 Å². The number of anilines is 1. The van der Waals surface area contributed by atoms with Crippen LogP contribution in [0.25, 0.3) is 16.9 Å². The van der Waals surface area contributed by atoms with Crippen molar-refractivity contribution < 1.29 is 18.7 Å². The minimum absolute atomic E-state index is 0.0395. The Labute approximate surface area is 211 Å². The predicted octanol–water partition coefficient (Wildman–Crippen LogP) is 4.34. The van der Waals surface area contributed by atoms with Crippen molar-refractivity contribution in [1.82, 2.24) is 9.78 Å². The number of thioether (sulfide) groups is 1. The lowest BCUT2D eigenvalue weighted by Crippen LogP contribution is -2.40. The summed E-state index contributed by atoms with van der Waals surface area (Å²) in [6, 6.07) is 23.2. The molecule has 0 radical (unpaired) electrons. The van der Waals surface area contributed by atoms with E-state index in [1.807, 2.05) is 42.5 Å². The Bertz CT molecular complexity index is 1420. The first kappa shape index (κ1) is 23.6. The molecule has 2 amide bonds. The fourth-order valence-electron chi connectivity index (χ4n) is 4.32. The summed E-state index contributed by atoms with van der Waals surface area (Å²) >= 11 is 1.30. The molecule has 9 heteroatoms. The molecule has 0 aliphatic carbocycles. The van der Waals surface area contributed by atoms with Crippen LogP contribution in [0.2, 0.25) is 0 Å². The van der Waals surface area contributed by atoms with Crippen LogP contribution >= 0.6 is 11.8 Å². The Morgan fingerprint density at radius 2 is 1.78 bits per heavy atom. The van der Waals surface area contributed by atoms with Gasteiger partial charge in [0.05, 0.1) is 29.5 Å². The zero-order valence-corrected chi connectivity index (χ0v) is 20.2. The highest BCUT2D eigenvalue weighted by Gasteiger charge is 2.38. The molecule has 0 fully saturated rings. The topological polar surface area (TPSA) is 90.4 Å². The molecule has 0 bridgehead atoms. The number of primary amides is 1. The van der Waals surface area contributed by atoms with Crippen LogP contribution in [0.4, 0.5) is 10.2 Å². The number of methoxy groups -OCH3 is 1. The third kappa shape index (κ3) is 4.33. The van der Waals surface area contributed by atoms with Crippen LogP contribution in [0.15, 0.2) is 78.9 Å². The minimum atomic E-state index is -0.660. The second kappa shape index (κ2) is 9.87. The fraction of sp³-hybridized carbons (Fsp3) is 0.148. The zero-order chi connectivity index (χ0) is 25.2. The van der Waals surface area contributed by atoms with Gasteiger partial charge in [-0.05, 0) is 30.3 Å². The van der Waals surface area contributed by atoms with E-state index in [-0.39, 0.29) is 24.0 Å². The molecule has 1 aliphatic rings. The van der Waals surface area contributed by atoms with Crippen LogP contribution in [0.5, 0.6) is 5.75 Å².